The molecule has 2 unspecified atom stereocenters. The molecule has 0 spiro atoms. The zero-order chi connectivity index (χ0) is 22.1. The third kappa shape index (κ3) is 4.75. The second-order valence-electron chi connectivity index (χ2n) is 8.53. The highest BCUT2D eigenvalue weighted by molar-refractivity contribution is 8.00. The Morgan fingerprint density at radius 3 is 2.29 bits per heavy atom. The SMILES string of the molecule is Cc1ccc(C2C=CC(Cc3cc([C@@H]4O[C@H](CO)[C@@H](O)[C@H](O)[C@H]4O)ccc3C)S2)cc1. The fourth-order valence-electron chi connectivity index (χ4n) is 4.25. The molecule has 2 heterocycles. The molecule has 6 heteroatoms. The maximum Gasteiger partial charge on any atom is 0.113 e. The van der Waals surface area contributed by atoms with Gasteiger partial charge in [0.15, 0.2) is 0 Å². The van der Waals surface area contributed by atoms with Gasteiger partial charge < -0.3 is 25.2 Å². The fraction of sp³-hybridized carbons (Fsp3) is 0.440. The van der Waals surface area contributed by atoms with Crippen LogP contribution in [0.2, 0.25) is 0 Å². The molecule has 1 saturated heterocycles. The van der Waals surface area contributed by atoms with E-state index in [4.69, 9.17) is 4.74 Å². The average Bonchev–Trinajstić information content (AvgIpc) is 3.23. The monoisotopic (exact) mass is 442 g/mol. The van der Waals surface area contributed by atoms with Crippen LogP contribution in [0.4, 0.5) is 0 Å². The quantitative estimate of drug-likeness (QED) is 0.533. The van der Waals surface area contributed by atoms with E-state index >= 15 is 0 Å². The van der Waals surface area contributed by atoms with E-state index in [2.05, 4.69) is 50.3 Å². The van der Waals surface area contributed by atoms with E-state index in [1.54, 1.807) is 0 Å². The fourth-order valence-corrected chi connectivity index (χ4v) is 5.58. The highest BCUT2D eigenvalue weighted by Gasteiger charge is 2.44. The molecular formula is C25H30O5S. The zero-order valence-corrected chi connectivity index (χ0v) is 18.6. The van der Waals surface area contributed by atoms with Crippen LogP contribution in [-0.2, 0) is 11.2 Å². The summed E-state index contributed by atoms with van der Waals surface area (Å²) in [4.78, 5) is 0. The Labute approximate surface area is 187 Å². The molecule has 4 rings (SSSR count). The lowest BCUT2D eigenvalue weighted by Gasteiger charge is -2.40. The number of rotatable bonds is 5. The minimum atomic E-state index is -1.37. The minimum absolute atomic E-state index is 0.343. The number of thioether (sulfide) groups is 1. The van der Waals surface area contributed by atoms with E-state index in [0.29, 0.717) is 10.5 Å². The van der Waals surface area contributed by atoms with Crippen LogP contribution >= 0.6 is 11.8 Å². The summed E-state index contributed by atoms with van der Waals surface area (Å²) in [5.74, 6) is 0. The molecule has 2 aromatic rings. The van der Waals surface area contributed by atoms with Gasteiger partial charge in [0.1, 0.15) is 30.5 Å². The summed E-state index contributed by atoms with van der Waals surface area (Å²) in [6, 6.07) is 14.5. The van der Waals surface area contributed by atoms with Crippen LogP contribution in [0.5, 0.6) is 0 Å². The van der Waals surface area contributed by atoms with E-state index in [-0.39, 0.29) is 0 Å². The number of aryl methyl sites for hydroxylation is 2. The molecule has 0 bridgehead atoms. The summed E-state index contributed by atoms with van der Waals surface area (Å²) in [5, 5.41) is 40.8. The number of hydrogen-bond donors (Lipinski definition) is 4. The molecule has 1 fully saturated rings. The lowest BCUT2D eigenvalue weighted by Crippen LogP contribution is -2.55. The largest absolute Gasteiger partial charge is 0.394 e. The molecule has 31 heavy (non-hydrogen) atoms. The minimum Gasteiger partial charge on any atom is -0.394 e. The Balaban J connectivity index is 1.48. The van der Waals surface area contributed by atoms with Crippen molar-refractivity contribution in [3.05, 3.63) is 82.4 Å². The maximum absolute atomic E-state index is 10.5. The van der Waals surface area contributed by atoms with Gasteiger partial charge in [0.05, 0.1) is 6.61 Å². The predicted octanol–water partition coefficient (Wildman–Crippen LogP) is 2.77. The number of benzene rings is 2. The average molecular weight is 443 g/mol. The lowest BCUT2D eigenvalue weighted by molar-refractivity contribution is -0.231. The van der Waals surface area contributed by atoms with Crippen molar-refractivity contribution in [3.63, 3.8) is 0 Å². The second kappa shape index (κ2) is 9.45. The first kappa shape index (κ1) is 22.5. The van der Waals surface area contributed by atoms with E-state index in [0.717, 1.165) is 23.1 Å². The summed E-state index contributed by atoms with van der Waals surface area (Å²) in [6.07, 6.45) is -0.324. The number of aliphatic hydroxyl groups is 4. The van der Waals surface area contributed by atoms with Gasteiger partial charge >= 0.3 is 0 Å². The van der Waals surface area contributed by atoms with Crippen molar-refractivity contribution in [2.75, 3.05) is 6.61 Å². The molecule has 7 atom stereocenters. The zero-order valence-electron chi connectivity index (χ0n) is 17.8. The molecule has 4 N–H and O–H groups in total. The summed E-state index contributed by atoms with van der Waals surface area (Å²) >= 11 is 1.92. The molecule has 0 aliphatic carbocycles. The number of hydrogen-bond acceptors (Lipinski definition) is 6. The van der Waals surface area contributed by atoms with Gasteiger partial charge in [0.25, 0.3) is 0 Å². The Bertz CT molecular complexity index is 926. The van der Waals surface area contributed by atoms with Crippen molar-refractivity contribution in [1.82, 2.24) is 0 Å². The van der Waals surface area contributed by atoms with Gasteiger partial charge in [-0.15, -0.1) is 11.8 Å². The lowest BCUT2D eigenvalue weighted by atomic mass is 9.89. The van der Waals surface area contributed by atoms with E-state index in [1.807, 2.05) is 30.0 Å². The van der Waals surface area contributed by atoms with Gasteiger partial charge in [-0.05, 0) is 42.5 Å². The third-order valence-electron chi connectivity index (χ3n) is 6.24. The molecule has 2 aliphatic rings. The first-order valence-corrected chi connectivity index (χ1v) is 11.6. The topological polar surface area (TPSA) is 90.2 Å². The van der Waals surface area contributed by atoms with Crippen molar-refractivity contribution in [3.8, 4) is 0 Å². The highest BCUT2D eigenvalue weighted by atomic mass is 32.2. The van der Waals surface area contributed by atoms with Crippen LogP contribution in [0, 0.1) is 13.8 Å². The van der Waals surface area contributed by atoms with Crippen molar-refractivity contribution < 1.29 is 25.2 Å². The molecular weight excluding hydrogens is 412 g/mol. The second-order valence-corrected chi connectivity index (χ2v) is 9.92. The predicted molar refractivity (Wildman–Crippen MR) is 122 cm³/mol. The molecule has 5 nitrogen and oxygen atoms in total. The van der Waals surface area contributed by atoms with E-state index in [1.165, 1.54) is 11.1 Å². The smallest absolute Gasteiger partial charge is 0.113 e. The van der Waals surface area contributed by atoms with Crippen LogP contribution in [-0.4, -0.2) is 56.7 Å². The molecule has 166 valence electrons. The van der Waals surface area contributed by atoms with E-state index in [9.17, 15) is 20.4 Å². The summed E-state index contributed by atoms with van der Waals surface area (Å²) in [6.45, 7) is 3.73. The molecule has 2 aliphatic heterocycles. The summed E-state index contributed by atoms with van der Waals surface area (Å²) in [5.41, 5.74) is 5.61. The van der Waals surface area contributed by atoms with Gasteiger partial charge in [0, 0.05) is 10.5 Å². The Hall–Kier alpha value is -1.67. The van der Waals surface area contributed by atoms with Crippen LogP contribution in [0.25, 0.3) is 0 Å². The Morgan fingerprint density at radius 2 is 1.58 bits per heavy atom. The van der Waals surface area contributed by atoms with Crippen LogP contribution in [0.15, 0.2) is 54.6 Å². The molecule has 0 saturated carbocycles. The normalized spacial score (nSPS) is 33.0. The van der Waals surface area contributed by atoms with Gasteiger partial charge in [-0.2, -0.15) is 0 Å². The number of ether oxygens (including phenoxy) is 1. The third-order valence-corrected chi connectivity index (χ3v) is 7.64. The van der Waals surface area contributed by atoms with Crippen molar-refractivity contribution in [2.24, 2.45) is 0 Å². The number of aliphatic hydroxyl groups excluding tert-OH is 4. The molecule has 0 aromatic heterocycles. The molecule has 0 amide bonds. The first-order chi connectivity index (χ1) is 14.9. The highest BCUT2D eigenvalue weighted by Crippen LogP contribution is 2.41. The van der Waals surface area contributed by atoms with Crippen molar-refractivity contribution in [1.29, 1.82) is 0 Å². The van der Waals surface area contributed by atoms with Crippen molar-refractivity contribution in [2.45, 2.75) is 61.3 Å². The summed E-state index contributed by atoms with van der Waals surface area (Å²) < 4.78 is 5.74. The van der Waals surface area contributed by atoms with Gasteiger partial charge in [-0.3, -0.25) is 0 Å². The first-order valence-electron chi connectivity index (χ1n) is 10.7. The van der Waals surface area contributed by atoms with E-state index < -0.39 is 37.1 Å². The van der Waals surface area contributed by atoms with Gasteiger partial charge in [0.2, 0.25) is 0 Å². The van der Waals surface area contributed by atoms with Crippen LogP contribution in [0.1, 0.15) is 39.2 Å². The van der Waals surface area contributed by atoms with Gasteiger partial charge in [-0.25, -0.2) is 0 Å². The summed E-state index contributed by atoms with van der Waals surface area (Å²) in [7, 11) is 0. The Morgan fingerprint density at radius 1 is 0.871 bits per heavy atom. The van der Waals surface area contributed by atoms with Crippen LogP contribution in [0.3, 0.4) is 0 Å². The van der Waals surface area contributed by atoms with Crippen LogP contribution < -0.4 is 0 Å². The Kier molecular flexibility index (Phi) is 6.86. The maximum atomic E-state index is 10.5. The van der Waals surface area contributed by atoms with Crippen molar-refractivity contribution >= 4 is 11.8 Å². The molecule has 2 aromatic carbocycles. The standard InChI is InChI=1S/C25H30O5S/c1-14-3-6-16(7-4-14)21-10-9-19(31-21)12-18-11-17(8-5-15(18)2)25-24(29)23(28)22(27)20(13-26)30-25/h3-11,19-29H,12-13H2,1-2H3/t19?,20-,21?,22-,23+,24-,25+/m1/s1. The molecule has 0 radical (unpaired) electrons. The van der Waals surface area contributed by atoms with Gasteiger partial charge in [-0.1, -0.05) is 60.2 Å².